The highest BCUT2D eigenvalue weighted by Crippen LogP contribution is 2.32. The first kappa shape index (κ1) is 16.8. The van der Waals surface area contributed by atoms with Crippen LogP contribution in [0, 0.1) is 5.92 Å². The number of carbonyl (C=O) groups is 2. The third-order valence-electron chi connectivity index (χ3n) is 3.73. The quantitative estimate of drug-likeness (QED) is 0.825. The molecular weight excluding hydrogens is 260 g/mol. The Bertz CT molecular complexity index is 378. The predicted octanol–water partition coefficient (Wildman–Crippen LogP) is 1.70. The minimum Gasteiger partial charge on any atom is -0.479 e. The minimum atomic E-state index is -1.19. The second-order valence-electron chi connectivity index (χ2n) is 6.31. The molecule has 2 atom stereocenters. The maximum absolute atomic E-state index is 12.4. The Morgan fingerprint density at radius 2 is 2.05 bits per heavy atom. The first-order chi connectivity index (χ1) is 9.15. The van der Waals surface area contributed by atoms with Gasteiger partial charge < -0.3 is 15.2 Å². The average molecular weight is 286 g/mol. The topological polar surface area (TPSA) is 78.9 Å². The van der Waals surface area contributed by atoms with Crippen LogP contribution in [0.15, 0.2) is 0 Å². The summed E-state index contributed by atoms with van der Waals surface area (Å²) in [7, 11) is 0. The molecule has 1 fully saturated rings. The van der Waals surface area contributed by atoms with Gasteiger partial charge >= 0.3 is 12.1 Å². The monoisotopic (exact) mass is 286 g/mol. The first-order valence-corrected chi connectivity index (χ1v) is 7.10. The van der Waals surface area contributed by atoms with E-state index in [-0.39, 0.29) is 5.92 Å². The lowest BCUT2D eigenvalue weighted by Crippen LogP contribution is -2.66. The number of rotatable bonds is 3. The van der Waals surface area contributed by atoms with Gasteiger partial charge in [-0.05, 0) is 40.7 Å². The van der Waals surface area contributed by atoms with Gasteiger partial charge in [-0.1, -0.05) is 6.92 Å². The molecule has 2 unspecified atom stereocenters. The number of nitrogens with zero attached hydrogens (tertiary/aromatic N) is 1. The van der Waals surface area contributed by atoms with E-state index in [0.717, 1.165) is 0 Å². The average Bonchev–Trinajstić information content (AvgIpc) is 2.29. The maximum atomic E-state index is 12.4. The van der Waals surface area contributed by atoms with Gasteiger partial charge in [0.25, 0.3) is 0 Å². The molecule has 0 aromatic carbocycles. The van der Waals surface area contributed by atoms with Crippen molar-refractivity contribution >= 4 is 12.1 Å². The van der Waals surface area contributed by atoms with Crippen LogP contribution in [-0.4, -0.2) is 52.8 Å². The van der Waals surface area contributed by atoms with Crippen LogP contribution < -0.4 is 5.32 Å². The molecule has 1 aliphatic heterocycles. The lowest BCUT2D eigenvalue weighted by Gasteiger charge is -2.46. The van der Waals surface area contributed by atoms with Crippen LogP contribution in [0.3, 0.4) is 0 Å². The van der Waals surface area contributed by atoms with Crippen LogP contribution >= 0.6 is 0 Å². The van der Waals surface area contributed by atoms with Gasteiger partial charge in [-0.2, -0.15) is 0 Å². The van der Waals surface area contributed by atoms with Crippen molar-refractivity contribution in [1.82, 2.24) is 10.2 Å². The van der Waals surface area contributed by atoms with Crippen molar-refractivity contribution in [3.63, 3.8) is 0 Å². The third-order valence-corrected chi connectivity index (χ3v) is 3.73. The van der Waals surface area contributed by atoms with Gasteiger partial charge in [-0.25, -0.2) is 9.59 Å². The molecule has 20 heavy (non-hydrogen) atoms. The fourth-order valence-corrected chi connectivity index (χ4v) is 2.74. The lowest BCUT2D eigenvalue weighted by atomic mass is 9.78. The van der Waals surface area contributed by atoms with Crippen molar-refractivity contribution in [1.29, 1.82) is 0 Å². The molecule has 1 aliphatic rings. The Kier molecular flexibility index (Phi) is 5.02. The summed E-state index contributed by atoms with van der Waals surface area (Å²) >= 11 is 0. The highest BCUT2D eigenvalue weighted by atomic mass is 16.6. The number of carbonyl (C=O) groups excluding carboxylic acids is 1. The number of hydrogen-bond acceptors (Lipinski definition) is 4. The molecule has 1 rings (SSSR count). The number of carboxylic acids is 1. The lowest BCUT2D eigenvalue weighted by molar-refractivity contribution is -0.157. The summed E-state index contributed by atoms with van der Waals surface area (Å²) in [4.78, 5) is 25.6. The van der Waals surface area contributed by atoms with Gasteiger partial charge in [-0.3, -0.25) is 4.90 Å². The summed E-state index contributed by atoms with van der Waals surface area (Å²) < 4.78 is 5.37. The van der Waals surface area contributed by atoms with Crippen molar-refractivity contribution < 1.29 is 19.4 Å². The molecule has 0 radical (unpaired) electrons. The summed E-state index contributed by atoms with van der Waals surface area (Å²) in [6.45, 7) is 10.4. The molecule has 6 nitrogen and oxygen atoms in total. The Balaban J connectivity index is 3.10. The first-order valence-electron chi connectivity index (χ1n) is 7.10. The van der Waals surface area contributed by atoms with Gasteiger partial charge in [0.15, 0.2) is 0 Å². The molecule has 0 aromatic heterocycles. The number of piperidine rings is 1. The molecule has 6 heteroatoms. The minimum absolute atomic E-state index is 0.179. The summed E-state index contributed by atoms with van der Waals surface area (Å²) in [6.07, 6.45) is -0.174. The standard InChI is InChI=1S/C14H26N2O4/c1-6-16(12(19)20-13(3,4)5)14(11(17)18)7-8-15-9-10(14)2/h10,15H,6-9H2,1-5H3,(H,17,18). The smallest absolute Gasteiger partial charge is 0.411 e. The Morgan fingerprint density at radius 3 is 2.45 bits per heavy atom. The van der Waals surface area contributed by atoms with Crippen LogP contribution in [-0.2, 0) is 9.53 Å². The van der Waals surface area contributed by atoms with Crippen LogP contribution in [0.4, 0.5) is 4.79 Å². The maximum Gasteiger partial charge on any atom is 0.411 e. The van der Waals surface area contributed by atoms with Gasteiger partial charge in [0.1, 0.15) is 11.1 Å². The van der Waals surface area contributed by atoms with Crippen LogP contribution in [0.2, 0.25) is 0 Å². The molecule has 0 bridgehead atoms. The number of aliphatic carboxylic acids is 1. The molecule has 1 amide bonds. The number of nitrogens with one attached hydrogen (secondary N) is 1. The van der Waals surface area contributed by atoms with E-state index in [1.165, 1.54) is 4.90 Å². The third kappa shape index (κ3) is 3.23. The van der Waals surface area contributed by atoms with Crippen LogP contribution in [0.1, 0.15) is 41.0 Å². The Labute approximate surface area is 120 Å². The summed E-state index contributed by atoms with van der Waals surface area (Å²) in [5.74, 6) is -1.14. The van der Waals surface area contributed by atoms with E-state index >= 15 is 0 Å². The zero-order valence-corrected chi connectivity index (χ0v) is 13.0. The summed E-state index contributed by atoms with van der Waals surface area (Å²) in [5.41, 5.74) is -1.83. The van der Waals surface area contributed by atoms with Crippen molar-refractivity contribution in [2.24, 2.45) is 5.92 Å². The molecule has 0 aliphatic carbocycles. The van der Waals surface area contributed by atoms with E-state index < -0.39 is 23.2 Å². The molecule has 2 N–H and O–H groups in total. The Morgan fingerprint density at radius 1 is 1.45 bits per heavy atom. The second kappa shape index (κ2) is 5.99. The van der Waals surface area contributed by atoms with E-state index in [4.69, 9.17) is 4.74 Å². The molecule has 1 saturated heterocycles. The van der Waals surface area contributed by atoms with Crippen molar-refractivity contribution in [2.75, 3.05) is 19.6 Å². The molecule has 0 saturated carbocycles. The normalized spacial score (nSPS) is 26.9. The second-order valence-corrected chi connectivity index (χ2v) is 6.31. The SMILES string of the molecule is CCN(C(=O)OC(C)(C)C)C1(C(=O)O)CCNCC1C. The van der Waals surface area contributed by atoms with E-state index in [2.05, 4.69) is 5.32 Å². The number of carboxylic acid groups (broad SMARTS) is 1. The van der Waals surface area contributed by atoms with Crippen LogP contribution in [0.5, 0.6) is 0 Å². The van der Waals surface area contributed by atoms with Crippen molar-refractivity contribution in [3.8, 4) is 0 Å². The van der Waals surface area contributed by atoms with Gasteiger partial charge in [0, 0.05) is 19.0 Å². The summed E-state index contributed by atoms with van der Waals surface area (Å²) in [6, 6.07) is 0. The summed E-state index contributed by atoms with van der Waals surface area (Å²) in [5, 5.41) is 12.9. The van der Waals surface area contributed by atoms with E-state index in [9.17, 15) is 14.7 Å². The van der Waals surface area contributed by atoms with Gasteiger partial charge in [-0.15, -0.1) is 0 Å². The van der Waals surface area contributed by atoms with E-state index in [0.29, 0.717) is 26.1 Å². The largest absolute Gasteiger partial charge is 0.479 e. The zero-order valence-electron chi connectivity index (χ0n) is 13.0. The fourth-order valence-electron chi connectivity index (χ4n) is 2.74. The van der Waals surface area contributed by atoms with Crippen molar-refractivity contribution in [2.45, 2.75) is 52.2 Å². The number of hydrogen-bond donors (Lipinski definition) is 2. The molecular formula is C14H26N2O4. The zero-order chi connectivity index (χ0) is 15.6. The van der Waals surface area contributed by atoms with Gasteiger partial charge in [0.05, 0.1) is 0 Å². The van der Waals surface area contributed by atoms with Gasteiger partial charge in [0.2, 0.25) is 0 Å². The fraction of sp³-hybridized carbons (Fsp3) is 0.857. The number of amides is 1. The predicted molar refractivity (Wildman–Crippen MR) is 75.6 cm³/mol. The highest BCUT2D eigenvalue weighted by Gasteiger charge is 2.52. The number of likely N-dealkylation sites (N-methyl/N-ethyl adjacent to an activating group) is 1. The highest BCUT2D eigenvalue weighted by molar-refractivity contribution is 5.85. The van der Waals surface area contributed by atoms with Crippen molar-refractivity contribution in [3.05, 3.63) is 0 Å². The molecule has 116 valence electrons. The van der Waals surface area contributed by atoms with E-state index in [1.54, 1.807) is 27.7 Å². The molecule has 0 aromatic rings. The Hall–Kier alpha value is -1.30. The van der Waals surface area contributed by atoms with E-state index in [1.807, 2.05) is 6.92 Å². The molecule has 0 spiro atoms. The van der Waals surface area contributed by atoms with Crippen LogP contribution in [0.25, 0.3) is 0 Å². The molecule has 1 heterocycles. The number of ether oxygens (including phenoxy) is 1.